The lowest BCUT2D eigenvalue weighted by Crippen LogP contribution is -2.54. The van der Waals surface area contributed by atoms with Crippen LogP contribution in [0.2, 0.25) is 0 Å². The number of urea groups is 1. The third-order valence-electron chi connectivity index (χ3n) is 16.5. The van der Waals surface area contributed by atoms with E-state index in [0.717, 1.165) is 82.7 Å². The summed E-state index contributed by atoms with van der Waals surface area (Å²) in [6.45, 7) is 15.6. The Kier molecular flexibility index (Phi) is 31.0. The van der Waals surface area contributed by atoms with Crippen LogP contribution in [-0.4, -0.2) is 149 Å². The SMILES string of the molecule is C=Cc1ccccc1N(Cc1ccccc1CC)C(=O)CCC(=O)NCCOCCOCCOCCOCCC(=O)N[C@H](C(=O)N[C@@H](CCCNC(N)=O)C(=O)Nc1ccc(COC(=O)NCc2ccc(CC3C4C(=NN3CCCC)C(N)=Nc3ccccc34)cc2)cc1)C(C)C. The number of carbonyl (C=O) groups is 7. The van der Waals surface area contributed by atoms with Crippen LogP contribution < -0.4 is 48.3 Å². The van der Waals surface area contributed by atoms with E-state index in [1.807, 2.05) is 72.8 Å². The Hall–Kier alpha value is -9.49. The number of unbranched alkanes of at least 4 members (excludes halogenated alkanes) is 1. The minimum absolute atomic E-state index is 0.0135. The first-order valence-corrected chi connectivity index (χ1v) is 33.5. The Morgan fingerprint density at radius 3 is 2.01 bits per heavy atom. The number of amides is 8. The minimum atomic E-state index is -1.06. The van der Waals surface area contributed by atoms with Crippen LogP contribution in [0.4, 0.5) is 26.7 Å². The number of carbonyl (C=O) groups excluding carboxylic acids is 7. The van der Waals surface area contributed by atoms with E-state index in [2.05, 4.69) is 86.6 Å². The first-order valence-electron chi connectivity index (χ1n) is 33.5. The molecular weight excluding hydrogens is 1240 g/mol. The normalized spacial score (nSPS) is 14.4. The molecule has 0 bridgehead atoms. The summed E-state index contributed by atoms with van der Waals surface area (Å²) in [7, 11) is 0. The fourth-order valence-electron chi connectivity index (χ4n) is 11.2. The van der Waals surface area contributed by atoms with Gasteiger partial charge >= 0.3 is 12.1 Å². The Morgan fingerprint density at radius 2 is 1.32 bits per heavy atom. The van der Waals surface area contributed by atoms with Gasteiger partial charge in [0.2, 0.25) is 29.5 Å². The molecule has 97 heavy (non-hydrogen) atoms. The maximum absolute atomic E-state index is 13.7. The molecule has 0 saturated heterocycles. The number of hydrogen-bond donors (Lipinski definition) is 8. The summed E-state index contributed by atoms with van der Waals surface area (Å²) in [5, 5.41) is 23.7. The number of aryl methyl sites for hydroxylation is 1. The highest BCUT2D eigenvalue weighted by Gasteiger charge is 2.42. The molecule has 0 radical (unpaired) electrons. The molecule has 0 aliphatic carbocycles. The number of alkyl carbamates (subject to hydrolysis) is 1. The van der Waals surface area contributed by atoms with Gasteiger partial charge in [0.05, 0.1) is 82.7 Å². The largest absolute Gasteiger partial charge is 0.445 e. The van der Waals surface area contributed by atoms with Crippen molar-refractivity contribution in [3.8, 4) is 0 Å². The van der Waals surface area contributed by atoms with Crippen LogP contribution in [-0.2, 0) is 80.2 Å². The second kappa shape index (κ2) is 40.2. The second-order valence-corrected chi connectivity index (χ2v) is 23.9. The Morgan fingerprint density at radius 1 is 0.670 bits per heavy atom. The van der Waals surface area contributed by atoms with Crippen LogP contribution in [0, 0.1) is 5.92 Å². The molecule has 2 aliphatic heterocycles. The van der Waals surface area contributed by atoms with Crippen LogP contribution in [0.3, 0.4) is 0 Å². The molecule has 0 aromatic heterocycles. The van der Waals surface area contributed by atoms with Crippen molar-refractivity contribution < 1.29 is 57.2 Å². The van der Waals surface area contributed by atoms with Crippen LogP contribution in [0.1, 0.15) is 118 Å². The third kappa shape index (κ3) is 24.3. The molecule has 5 aromatic carbocycles. The second-order valence-electron chi connectivity index (χ2n) is 23.9. The van der Waals surface area contributed by atoms with Crippen molar-refractivity contribution in [3.63, 3.8) is 0 Å². The van der Waals surface area contributed by atoms with Gasteiger partial charge in [-0.2, -0.15) is 5.10 Å². The molecule has 2 unspecified atom stereocenters. The molecule has 24 nitrogen and oxygen atoms in total. The van der Waals surface area contributed by atoms with E-state index >= 15 is 0 Å². The van der Waals surface area contributed by atoms with Gasteiger partial charge < -0.3 is 72.0 Å². The van der Waals surface area contributed by atoms with E-state index in [-0.39, 0.29) is 108 Å². The maximum Gasteiger partial charge on any atom is 0.407 e. The molecule has 0 saturated carbocycles. The van der Waals surface area contributed by atoms with E-state index in [1.54, 1.807) is 49.1 Å². The number of nitrogens with zero attached hydrogens (tertiary/aromatic N) is 4. The third-order valence-corrected chi connectivity index (χ3v) is 16.5. The van der Waals surface area contributed by atoms with E-state index in [9.17, 15) is 33.6 Å². The predicted octanol–water partition coefficient (Wildman–Crippen LogP) is 8.09. The van der Waals surface area contributed by atoms with Crippen molar-refractivity contribution in [2.75, 3.05) is 82.7 Å². The van der Waals surface area contributed by atoms with Crippen LogP contribution >= 0.6 is 0 Å². The highest BCUT2D eigenvalue weighted by molar-refractivity contribution is 6.44. The summed E-state index contributed by atoms with van der Waals surface area (Å²) in [6.07, 6.45) is 5.23. The highest BCUT2D eigenvalue weighted by Crippen LogP contribution is 2.41. The summed E-state index contributed by atoms with van der Waals surface area (Å²) in [4.78, 5) is 97.4. The summed E-state index contributed by atoms with van der Waals surface area (Å²) in [5.41, 5.74) is 21.4. The summed E-state index contributed by atoms with van der Waals surface area (Å²) in [5.74, 6) is -1.81. The average Bonchev–Trinajstić information content (AvgIpc) is 1.63. The van der Waals surface area contributed by atoms with E-state index in [1.165, 1.54) is 0 Å². The number of fused-ring (bicyclic) bond motifs is 3. The van der Waals surface area contributed by atoms with E-state index in [4.69, 9.17) is 40.3 Å². The molecule has 520 valence electrons. The number of hydrazone groups is 1. The molecule has 2 heterocycles. The zero-order valence-electron chi connectivity index (χ0n) is 56.3. The summed E-state index contributed by atoms with van der Waals surface area (Å²) < 4.78 is 27.9. The van der Waals surface area contributed by atoms with Gasteiger partial charge in [-0.25, -0.2) is 14.6 Å². The van der Waals surface area contributed by atoms with Crippen molar-refractivity contribution >= 4 is 76.3 Å². The van der Waals surface area contributed by atoms with Gasteiger partial charge in [0, 0.05) is 51.1 Å². The highest BCUT2D eigenvalue weighted by atomic mass is 16.6. The Labute approximate surface area is 569 Å². The van der Waals surface area contributed by atoms with Gasteiger partial charge in [0.25, 0.3) is 0 Å². The molecule has 5 aromatic rings. The lowest BCUT2D eigenvalue weighted by molar-refractivity contribution is -0.132. The van der Waals surface area contributed by atoms with Crippen LogP contribution in [0.25, 0.3) is 6.08 Å². The monoisotopic (exact) mass is 1330 g/mol. The van der Waals surface area contributed by atoms with Gasteiger partial charge in [-0.15, -0.1) is 0 Å². The fourth-order valence-corrected chi connectivity index (χ4v) is 11.2. The minimum Gasteiger partial charge on any atom is -0.445 e. The lowest BCUT2D eigenvalue weighted by atomic mass is 9.82. The predicted molar refractivity (Wildman–Crippen MR) is 375 cm³/mol. The lowest BCUT2D eigenvalue weighted by Gasteiger charge is -2.30. The zero-order chi connectivity index (χ0) is 69.3. The van der Waals surface area contributed by atoms with Gasteiger partial charge in [0.1, 0.15) is 30.2 Å². The van der Waals surface area contributed by atoms with Gasteiger partial charge in [-0.3, -0.25) is 29.0 Å². The number of para-hydroxylation sites is 2. The Bertz CT molecular complexity index is 3450. The van der Waals surface area contributed by atoms with Gasteiger partial charge in [-0.1, -0.05) is 144 Å². The standard InChI is InChI=1S/C73H96N12O12/c1-6-9-37-85-62(66-58-20-13-14-21-59(58)80-69(74)68(66)83-85)46-51-24-26-52(27-25-51)47-78-73(92)97-49-53-28-30-57(31-29-53)79-70(89)60(22-16-35-77-72(75)91)81-71(90)67(50(4)5)82-64(87)34-38-93-40-42-95-44-45-96-43-41-94-39-36-76-63(86)32-33-65(88)84(61-23-15-12-18-55(61)8-3)48-56-19-11-10-17-54(56)7-2/h8,10-15,17-21,23-31,50,60,62,66-67H,3,6-7,9,16,22,32-49H2,1-2,4-5H3,(H2,74,80)(H,76,86)(H,78,92)(H,79,89)(H,81,90)(H,82,87)(H3,75,77,91)/t60-,62?,66?,67-/m0/s1. The number of aliphatic imine (C=N–C) groups is 1. The van der Waals surface area contributed by atoms with Crippen molar-refractivity contribution in [1.29, 1.82) is 0 Å². The molecule has 8 amide bonds. The number of nitrogens with one attached hydrogen (secondary N) is 6. The molecule has 10 N–H and O–H groups in total. The van der Waals surface area contributed by atoms with Crippen LogP contribution in [0.5, 0.6) is 0 Å². The fraction of sp³-hybridized carbons (Fsp3) is 0.438. The molecule has 24 heteroatoms. The maximum atomic E-state index is 13.7. The van der Waals surface area contributed by atoms with Crippen molar-refractivity contribution in [1.82, 2.24) is 31.6 Å². The number of anilines is 2. The van der Waals surface area contributed by atoms with Crippen molar-refractivity contribution in [2.24, 2.45) is 27.5 Å². The van der Waals surface area contributed by atoms with Crippen molar-refractivity contribution in [2.45, 2.75) is 129 Å². The molecular formula is C73H96N12O12. The number of benzene rings is 5. The molecule has 0 fully saturated rings. The zero-order valence-corrected chi connectivity index (χ0v) is 56.3. The number of amidine groups is 1. The molecule has 0 spiro atoms. The smallest absolute Gasteiger partial charge is 0.407 e. The Balaban J connectivity index is 0.736. The number of primary amides is 1. The van der Waals surface area contributed by atoms with Gasteiger partial charge in [0.15, 0.2) is 0 Å². The molecule has 4 atom stereocenters. The average molecular weight is 1330 g/mol. The van der Waals surface area contributed by atoms with Crippen LogP contribution in [0.15, 0.2) is 138 Å². The van der Waals surface area contributed by atoms with E-state index in [0.29, 0.717) is 56.5 Å². The first kappa shape index (κ1) is 74.9. The summed E-state index contributed by atoms with van der Waals surface area (Å²) >= 11 is 0. The topological polar surface area (TPSA) is 321 Å². The quantitative estimate of drug-likeness (QED) is 0.0171. The van der Waals surface area contributed by atoms with Crippen molar-refractivity contribution in [3.05, 3.63) is 167 Å². The first-order chi connectivity index (χ1) is 47.0. The molecule has 2 aliphatic rings. The number of rotatable bonds is 42. The molecule has 7 rings (SSSR count). The summed E-state index contributed by atoms with van der Waals surface area (Å²) in [6, 6.07) is 35.9. The number of hydrogen-bond acceptors (Lipinski definition) is 16. The van der Waals surface area contributed by atoms with Gasteiger partial charge in [-0.05, 0) is 101 Å². The number of ether oxygens (including phenoxy) is 5. The van der Waals surface area contributed by atoms with E-state index < -0.39 is 41.9 Å². The number of nitrogens with two attached hydrogens (primary N) is 2.